The highest BCUT2D eigenvalue weighted by Gasteiger charge is 2.33. The Kier molecular flexibility index (Phi) is 17.7. The van der Waals surface area contributed by atoms with Gasteiger partial charge in [0.25, 0.3) is 5.91 Å². The lowest BCUT2D eigenvalue weighted by Crippen LogP contribution is -2.42. The van der Waals surface area contributed by atoms with Crippen molar-refractivity contribution in [2.45, 2.75) is 52.3 Å². The van der Waals surface area contributed by atoms with E-state index in [1.165, 1.54) is 51.4 Å². The molecule has 1 heterocycles. The Morgan fingerprint density at radius 2 is 1.57 bits per heavy atom. The van der Waals surface area contributed by atoms with Crippen molar-refractivity contribution in [1.29, 1.82) is 0 Å². The Hall–Kier alpha value is -5.49. The number of anilines is 1. The molecule has 0 saturated carbocycles. The standard InChI is InChI=1S/C37H41ClN5O13P.ClH/c1-21(2)54-35(47)23(4)43-57(50,42-22(3)34(45)46)53-17-9-16-52-36(48)41-33(44)27-19-26-30(20-32(27)51-5)39-15-14-31(26)55-25-12-13-29(28(38)18-25)40-37(49)56-24-10-7-6-8-11-24;/h6-8,10-15,18-23H,9,16-17H2,1-5H3,(H,40,49)(H,45,46)(H,41,44,48)(H2,42,43,50);1H/t22-,23-,57?;/m0./s1. The van der Waals surface area contributed by atoms with Crippen LogP contribution in [-0.2, 0) is 28.2 Å². The molecule has 0 aliphatic carbocycles. The fourth-order valence-corrected chi connectivity index (χ4v) is 6.84. The lowest BCUT2D eigenvalue weighted by molar-refractivity contribution is -0.149. The maximum absolute atomic E-state index is 13.4. The van der Waals surface area contributed by atoms with Crippen LogP contribution in [0.25, 0.3) is 10.9 Å². The molecule has 5 N–H and O–H groups in total. The number of nitrogens with zero attached hydrogens (tertiary/aromatic N) is 1. The number of rotatable bonds is 18. The van der Waals surface area contributed by atoms with Gasteiger partial charge in [-0.2, -0.15) is 0 Å². The monoisotopic (exact) mass is 865 g/mol. The highest BCUT2D eigenvalue weighted by molar-refractivity contribution is 7.54. The number of carboxylic acid groups (broad SMARTS) is 1. The predicted octanol–water partition coefficient (Wildman–Crippen LogP) is 7.10. The zero-order chi connectivity index (χ0) is 41.7. The summed E-state index contributed by atoms with van der Waals surface area (Å²) < 4.78 is 45.7. The largest absolute Gasteiger partial charge is 0.496 e. The molecular formula is C37H42Cl2N5O13P. The summed E-state index contributed by atoms with van der Waals surface area (Å²) in [4.78, 5) is 66.1. The van der Waals surface area contributed by atoms with Gasteiger partial charge in [-0.25, -0.2) is 19.8 Å². The summed E-state index contributed by atoms with van der Waals surface area (Å²) in [5.41, 5.74) is 0.595. The van der Waals surface area contributed by atoms with Crippen molar-refractivity contribution in [2.75, 3.05) is 25.6 Å². The highest BCUT2D eigenvalue weighted by Crippen LogP contribution is 2.39. The number of nitrogens with one attached hydrogen (secondary N) is 4. The molecule has 4 rings (SSSR count). The van der Waals surface area contributed by atoms with E-state index < -0.39 is 55.9 Å². The van der Waals surface area contributed by atoms with E-state index in [0.717, 1.165) is 0 Å². The minimum absolute atomic E-state index is 0. The molecule has 3 atom stereocenters. The van der Waals surface area contributed by atoms with Crippen molar-refractivity contribution in [2.24, 2.45) is 0 Å². The smallest absolute Gasteiger partial charge is 0.417 e. The summed E-state index contributed by atoms with van der Waals surface area (Å²) in [6, 6.07) is 15.0. The van der Waals surface area contributed by atoms with Crippen LogP contribution >= 0.6 is 31.7 Å². The molecule has 3 amide bonds. The molecule has 3 aromatic carbocycles. The van der Waals surface area contributed by atoms with Gasteiger partial charge in [-0.15, -0.1) is 12.4 Å². The minimum Gasteiger partial charge on any atom is -0.496 e. The van der Waals surface area contributed by atoms with Gasteiger partial charge < -0.3 is 33.3 Å². The molecule has 312 valence electrons. The van der Waals surface area contributed by atoms with Crippen LogP contribution in [0, 0.1) is 0 Å². The van der Waals surface area contributed by atoms with Gasteiger partial charge in [0.15, 0.2) is 0 Å². The third kappa shape index (κ3) is 13.9. The highest BCUT2D eigenvalue weighted by atomic mass is 35.5. The second kappa shape index (κ2) is 21.9. The fourth-order valence-electron chi connectivity index (χ4n) is 4.78. The molecule has 0 spiro atoms. The maximum atomic E-state index is 13.4. The van der Waals surface area contributed by atoms with Crippen LogP contribution in [0.2, 0.25) is 5.02 Å². The number of benzene rings is 3. The first-order valence-electron chi connectivity index (χ1n) is 17.3. The first kappa shape index (κ1) is 46.9. The van der Waals surface area contributed by atoms with E-state index in [2.05, 4.69) is 25.8 Å². The van der Waals surface area contributed by atoms with Crippen LogP contribution in [0.5, 0.6) is 23.0 Å². The van der Waals surface area contributed by atoms with Crippen molar-refractivity contribution in [1.82, 2.24) is 20.5 Å². The lowest BCUT2D eigenvalue weighted by Gasteiger charge is -2.25. The molecule has 58 heavy (non-hydrogen) atoms. The molecular weight excluding hydrogens is 824 g/mol. The number of imide groups is 1. The van der Waals surface area contributed by atoms with Crippen molar-refractivity contribution >= 4 is 78.3 Å². The number of ether oxygens (including phenoxy) is 5. The summed E-state index contributed by atoms with van der Waals surface area (Å²) >= 11 is 6.42. The molecule has 4 aromatic rings. The second-order valence-corrected chi connectivity index (χ2v) is 14.6. The minimum atomic E-state index is -4.13. The molecule has 0 saturated heterocycles. The number of esters is 1. The van der Waals surface area contributed by atoms with Crippen molar-refractivity contribution in [3.63, 3.8) is 0 Å². The van der Waals surface area contributed by atoms with Gasteiger partial charge in [0.2, 0.25) is 0 Å². The number of hydrogen-bond donors (Lipinski definition) is 5. The molecule has 0 aliphatic rings. The summed E-state index contributed by atoms with van der Waals surface area (Å²) in [5.74, 6) is -1.95. The molecule has 0 aliphatic heterocycles. The summed E-state index contributed by atoms with van der Waals surface area (Å²) in [7, 11) is -2.80. The number of hydrogen-bond acceptors (Lipinski definition) is 13. The Bertz CT molecular complexity index is 2150. The van der Waals surface area contributed by atoms with Gasteiger partial charge >= 0.3 is 31.8 Å². The third-order valence-corrected chi connectivity index (χ3v) is 9.75. The van der Waals surface area contributed by atoms with Gasteiger partial charge in [0, 0.05) is 30.1 Å². The number of methoxy groups -OCH3 is 1. The van der Waals surface area contributed by atoms with Crippen LogP contribution < -0.4 is 35.0 Å². The van der Waals surface area contributed by atoms with E-state index in [4.69, 9.17) is 39.8 Å². The summed E-state index contributed by atoms with van der Waals surface area (Å²) in [6.07, 6.45) is -0.872. The molecule has 18 nitrogen and oxygen atoms in total. The molecule has 1 aromatic heterocycles. The Balaban J connectivity index is 0.00000900. The molecule has 0 fully saturated rings. The van der Waals surface area contributed by atoms with E-state index >= 15 is 0 Å². The average molecular weight is 867 g/mol. The number of aliphatic carboxylic acids is 1. The molecule has 21 heteroatoms. The SMILES string of the molecule is COc1cc2nccc(Oc3ccc(NC(=O)Oc4ccccc4)c(Cl)c3)c2cc1C(=O)NC(=O)OCCCOP(=O)(N[C@@H](C)C(=O)O)N[C@@H](C)C(=O)OC(C)C.Cl. The zero-order valence-corrected chi connectivity index (χ0v) is 34.3. The van der Waals surface area contributed by atoms with Crippen molar-refractivity contribution < 1.29 is 61.9 Å². The van der Waals surface area contributed by atoms with Crippen molar-refractivity contribution in [3.05, 3.63) is 83.5 Å². The summed E-state index contributed by atoms with van der Waals surface area (Å²) in [6.45, 7) is 5.25. The van der Waals surface area contributed by atoms with Crippen LogP contribution in [0.15, 0.2) is 72.9 Å². The van der Waals surface area contributed by atoms with Gasteiger partial charge in [-0.1, -0.05) is 29.8 Å². The number of fused-ring (bicyclic) bond motifs is 1. The van der Waals surface area contributed by atoms with Gasteiger partial charge in [0.1, 0.15) is 35.1 Å². The number of amides is 3. The second-order valence-electron chi connectivity index (χ2n) is 12.3. The van der Waals surface area contributed by atoms with E-state index in [-0.39, 0.29) is 65.6 Å². The van der Waals surface area contributed by atoms with Gasteiger partial charge in [0.05, 0.1) is 48.2 Å². The quantitative estimate of drug-likeness (QED) is 0.0381. The van der Waals surface area contributed by atoms with Gasteiger partial charge in [-0.05, 0) is 64.1 Å². The number of pyridine rings is 1. The lowest BCUT2D eigenvalue weighted by atomic mass is 10.1. The third-order valence-electron chi connectivity index (χ3n) is 7.44. The Labute approximate surface area is 344 Å². The molecule has 0 bridgehead atoms. The number of aromatic nitrogens is 1. The van der Waals surface area contributed by atoms with E-state index in [1.807, 2.05) is 0 Å². The molecule has 1 unspecified atom stereocenters. The maximum Gasteiger partial charge on any atom is 0.417 e. The topological polar surface area (TPSA) is 239 Å². The van der Waals surface area contributed by atoms with Gasteiger partial charge in [-0.3, -0.25) is 34.6 Å². The first-order chi connectivity index (χ1) is 27.1. The van der Waals surface area contributed by atoms with Crippen LogP contribution in [-0.4, -0.2) is 78.6 Å². The number of carboxylic acids is 1. The first-order valence-corrected chi connectivity index (χ1v) is 19.3. The zero-order valence-electron chi connectivity index (χ0n) is 31.8. The normalized spacial score (nSPS) is 12.9. The molecule has 0 radical (unpaired) electrons. The number of carbonyl (C=O) groups is 5. The number of carbonyl (C=O) groups excluding carboxylic acids is 4. The number of halogens is 2. The van der Waals surface area contributed by atoms with E-state index in [9.17, 15) is 33.6 Å². The van der Waals surface area contributed by atoms with E-state index in [1.54, 1.807) is 56.3 Å². The van der Waals surface area contributed by atoms with E-state index in [0.29, 0.717) is 16.7 Å². The van der Waals surface area contributed by atoms with Crippen LogP contribution in [0.4, 0.5) is 15.3 Å². The number of para-hydroxylation sites is 1. The Morgan fingerprint density at radius 3 is 2.22 bits per heavy atom. The van der Waals surface area contributed by atoms with Crippen LogP contribution in [0.3, 0.4) is 0 Å². The van der Waals surface area contributed by atoms with Crippen molar-refractivity contribution in [3.8, 4) is 23.0 Å². The predicted molar refractivity (Wildman–Crippen MR) is 214 cm³/mol. The Morgan fingerprint density at radius 1 is 0.862 bits per heavy atom. The fraction of sp³-hybridized carbons (Fsp3) is 0.297. The number of alkyl carbamates (subject to hydrolysis) is 1. The van der Waals surface area contributed by atoms with Crippen LogP contribution in [0.1, 0.15) is 44.5 Å². The summed E-state index contributed by atoms with van der Waals surface area (Å²) in [5, 5.41) is 19.3. The average Bonchev–Trinajstić information content (AvgIpc) is 3.15.